The molecule has 0 saturated carbocycles. The summed E-state index contributed by atoms with van der Waals surface area (Å²) in [4.78, 5) is 16.1. The van der Waals surface area contributed by atoms with Gasteiger partial charge in [-0.1, -0.05) is 38.0 Å². The van der Waals surface area contributed by atoms with Gasteiger partial charge in [-0.2, -0.15) is 0 Å². The first-order valence-electron chi connectivity index (χ1n) is 7.12. The number of pyridine rings is 1. The van der Waals surface area contributed by atoms with Crippen LogP contribution in [0.3, 0.4) is 0 Å². The van der Waals surface area contributed by atoms with Gasteiger partial charge in [0, 0.05) is 24.0 Å². The number of carbonyl (C=O) groups is 1. The average Bonchev–Trinajstić information content (AvgIpc) is 2.45. The lowest BCUT2D eigenvalue weighted by Gasteiger charge is -2.13. The molecule has 0 aliphatic heterocycles. The smallest absolute Gasteiger partial charge is 0.253 e. The van der Waals surface area contributed by atoms with Gasteiger partial charge in [0.1, 0.15) is 0 Å². The molecule has 0 bridgehead atoms. The number of hydrogen-bond donors (Lipinski definition) is 2. The Hall–Kier alpha value is -1.86. The zero-order valence-electron chi connectivity index (χ0n) is 12.3. The molecule has 0 saturated heterocycles. The normalized spacial score (nSPS) is 11.3. The van der Waals surface area contributed by atoms with Crippen LogP contribution in [0.25, 0.3) is 0 Å². The summed E-state index contributed by atoms with van der Waals surface area (Å²) in [5.74, 6) is 5.53. The van der Waals surface area contributed by atoms with Crippen LogP contribution < -0.4 is 11.1 Å². The van der Waals surface area contributed by atoms with Crippen molar-refractivity contribution in [3.8, 4) is 11.8 Å². The Labute approximate surface area is 121 Å². The second kappa shape index (κ2) is 9.11. The summed E-state index contributed by atoms with van der Waals surface area (Å²) < 4.78 is 0. The van der Waals surface area contributed by atoms with Gasteiger partial charge in [-0.15, -0.1) is 0 Å². The number of carbonyl (C=O) groups excluding carboxylic acids is 1. The molecule has 3 N–H and O–H groups in total. The summed E-state index contributed by atoms with van der Waals surface area (Å²) in [5.41, 5.74) is 6.57. The lowest BCUT2D eigenvalue weighted by Crippen LogP contribution is -2.32. The first-order valence-corrected chi connectivity index (χ1v) is 7.12. The van der Waals surface area contributed by atoms with Gasteiger partial charge in [0.25, 0.3) is 5.91 Å². The maximum Gasteiger partial charge on any atom is 0.253 e. The molecule has 1 heterocycles. The zero-order chi connectivity index (χ0) is 14.8. The van der Waals surface area contributed by atoms with Gasteiger partial charge in [0.2, 0.25) is 0 Å². The molecule has 4 heteroatoms. The maximum absolute atomic E-state index is 12.1. The molecule has 1 unspecified atom stereocenters. The van der Waals surface area contributed by atoms with Crippen molar-refractivity contribution in [2.75, 3.05) is 6.54 Å². The van der Waals surface area contributed by atoms with Crippen LogP contribution in [-0.4, -0.2) is 23.5 Å². The Balaban J connectivity index is 2.58. The summed E-state index contributed by atoms with van der Waals surface area (Å²) in [7, 11) is 0. The minimum Gasteiger partial charge on any atom is -0.350 e. The standard InChI is InChI=1S/C16H23N3O/c1-3-4-5-7-13(2)19-16(20)15-10-14(8-6-9-17)11-18-12-15/h10-13H,3-5,7,9,17H2,1-2H3,(H,19,20). The predicted molar refractivity (Wildman–Crippen MR) is 81.2 cm³/mol. The first kappa shape index (κ1) is 16.2. The molecule has 108 valence electrons. The van der Waals surface area contributed by atoms with Crippen LogP contribution in [0.1, 0.15) is 55.5 Å². The molecular formula is C16H23N3O. The number of aromatic nitrogens is 1. The fourth-order valence-corrected chi connectivity index (χ4v) is 1.87. The van der Waals surface area contributed by atoms with E-state index in [1.54, 1.807) is 18.5 Å². The highest BCUT2D eigenvalue weighted by atomic mass is 16.1. The summed E-state index contributed by atoms with van der Waals surface area (Å²) >= 11 is 0. The highest BCUT2D eigenvalue weighted by molar-refractivity contribution is 5.94. The Bertz CT molecular complexity index is 488. The van der Waals surface area contributed by atoms with Crippen molar-refractivity contribution >= 4 is 5.91 Å². The van der Waals surface area contributed by atoms with Crippen molar-refractivity contribution in [3.63, 3.8) is 0 Å². The maximum atomic E-state index is 12.1. The van der Waals surface area contributed by atoms with Crippen molar-refractivity contribution in [2.24, 2.45) is 5.73 Å². The van der Waals surface area contributed by atoms with Crippen molar-refractivity contribution in [3.05, 3.63) is 29.6 Å². The summed E-state index contributed by atoms with van der Waals surface area (Å²) in [6.45, 7) is 4.49. The first-order chi connectivity index (χ1) is 9.67. The molecule has 0 aromatic carbocycles. The van der Waals surface area contributed by atoms with E-state index in [0.717, 1.165) is 12.8 Å². The van der Waals surface area contributed by atoms with Crippen LogP contribution in [-0.2, 0) is 0 Å². The van der Waals surface area contributed by atoms with Gasteiger partial charge < -0.3 is 11.1 Å². The van der Waals surface area contributed by atoms with Gasteiger partial charge in [-0.05, 0) is 19.4 Å². The third-order valence-corrected chi connectivity index (χ3v) is 2.95. The molecule has 1 aromatic rings. The lowest BCUT2D eigenvalue weighted by molar-refractivity contribution is 0.0937. The predicted octanol–water partition coefficient (Wildman–Crippen LogP) is 2.09. The summed E-state index contributed by atoms with van der Waals surface area (Å²) in [5, 5.41) is 2.99. The Morgan fingerprint density at radius 3 is 2.95 bits per heavy atom. The van der Waals surface area contributed by atoms with Crippen molar-refractivity contribution in [1.82, 2.24) is 10.3 Å². The molecule has 0 fully saturated rings. The van der Waals surface area contributed by atoms with Crippen molar-refractivity contribution < 1.29 is 4.79 Å². The Morgan fingerprint density at radius 2 is 2.25 bits per heavy atom. The molecule has 0 aliphatic carbocycles. The molecule has 0 spiro atoms. The average molecular weight is 273 g/mol. The van der Waals surface area contributed by atoms with Gasteiger partial charge in [0.15, 0.2) is 0 Å². The monoisotopic (exact) mass is 273 g/mol. The van der Waals surface area contributed by atoms with E-state index in [0.29, 0.717) is 17.7 Å². The highest BCUT2D eigenvalue weighted by Crippen LogP contribution is 2.05. The molecule has 1 aromatic heterocycles. The molecule has 1 amide bonds. The van der Waals surface area contributed by atoms with Crippen LogP contribution in [0.15, 0.2) is 18.5 Å². The number of nitrogens with one attached hydrogen (secondary N) is 1. The van der Waals surface area contributed by atoms with Crippen molar-refractivity contribution in [2.45, 2.75) is 45.6 Å². The van der Waals surface area contributed by atoms with E-state index in [2.05, 4.69) is 29.1 Å². The topological polar surface area (TPSA) is 68.0 Å². The van der Waals surface area contributed by atoms with Crippen LogP contribution in [0.4, 0.5) is 0 Å². The van der Waals surface area contributed by atoms with Crippen LogP contribution in [0.2, 0.25) is 0 Å². The number of hydrogen-bond acceptors (Lipinski definition) is 3. The van der Waals surface area contributed by atoms with E-state index >= 15 is 0 Å². The number of amides is 1. The van der Waals surface area contributed by atoms with E-state index in [1.165, 1.54) is 12.8 Å². The summed E-state index contributed by atoms with van der Waals surface area (Å²) in [6.07, 6.45) is 7.71. The Kier molecular flexibility index (Phi) is 7.38. The van der Waals surface area contributed by atoms with Gasteiger partial charge >= 0.3 is 0 Å². The van der Waals surface area contributed by atoms with Crippen LogP contribution >= 0.6 is 0 Å². The highest BCUT2D eigenvalue weighted by Gasteiger charge is 2.10. The lowest BCUT2D eigenvalue weighted by atomic mass is 10.1. The second-order valence-corrected chi connectivity index (χ2v) is 4.84. The molecule has 1 atom stereocenters. The zero-order valence-corrected chi connectivity index (χ0v) is 12.3. The summed E-state index contributed by atoms with van der Waals surface area (Å²) in [6, 6.07) is 1.91. The minimum absolute atomic E-state index is 0.0992. The van der Waals surface area contributed by atoms with Gasteiger partial charge in [-0.3, -0.25) is 9.78 Å². The van der Waals surface area contributed by atoms with Crippen LogP contribution in [0, 0.1) is 11.8 Å². The number of nitrogens with two attached hydrogens (primary N) is 1. The van der Waals surface area contributed by atoms with Gasteiger partial charge in [0.05, 0.1) is 12.1 Å². The Morgan fingerprint density at radius 1 is 1.45 bits per heavy atom. The van der Waals surface area contributed by atoms with E-state index in [4.69, 9.17) is 5.73 Å². The van der Waals surface area contributed by atoms with Crippen molar-refractivity contribution in [1.29, 1.82) is 0 Å². The molecule has 0 aliphatic rings. The number of rotatable bonds is 6. The number of unbranched alkanes of at least 4 members (excludes halogenated alkanes) is 2. The fourth-order valence-electron chi connectivity index (χ4n) is 1.87. The fraction of sp³-hybridized carbons (Fsp3) is 0.500. The third-order valence-electron chi connectivity index (χ3n) is 2.95. The molecular weight excluding hydrogens is 250 g/mol. The van der Waals surface area contributed by atoms with Gasteiger partial charge in [-0.25, -0.2) is 0 Å². The van der Waals surface area contributed by atoms with E-state index < -0.39 is 0 Å². The second-order valence-electron chi connectivity index (χ2n) is 4.84. The largest absolute Gasteiger partial charge is 0.350 e. The molecule has 1 rings (SSSR count). The van der Waals surface area contributed by atoms with E-state index in [9.17, 15) is 4.79 Å². The minimum atomic E-state index is -0.0992. The molecule has 0 radical (unpaired) electrons. The van der Waals surface area contributed by atoms with E-state index in [-0.39, 0.29) is 11.9 Å². The quantitative estimate of drug-likeness (QED) is 0.616. The molecule has 20 heavy (non-hydrogen) atoms. The third kappa shape index (κ3) is 5.85. The number of nitrogens with zero attached hydrogens (tertiary/aromatic N) is 1. The van der Waals surface area contributed by atoms with Crippen LogP contribution in [0.5, 0.6) is 0 Å². The van der Waals surface area contributed by atoms with E-state index in [1.807, 2.05) is 6.92 Å². The molecule has 4 nitrogen and oxygen atoms in total. The SMILES string of the molecule is CCCCCC(C)NC(=O)c1cncc(C#CCN)c1.